The van der Waals surface area contributed by atoms with Crippen molar-refractivity contribution >= 4 is 22.6 Å². The van der Waals surface area contributed by atoms with Gasteiger partial charge in [0, 0.05) is 16.8 Å². The zero-order chi connectivity index (χ0) is 11.1. The lowest BCUT2D eigenvalue weighted by Gasteiger charge is -2.14. The van der Waals surface area contributed by atoms with Crippen LogP contribution in [0, 0.1) is 0 Å². The highest BCUT2D eigenvalue weighted by Crippen LogP contribution is 2.25. The summed E-state index contributed by atoms with van der Waals surface area (Å²) in [5.41, 5.74) is 0.0132. The summed E-state index contributed by atoms with van der Waals surface area (Å²) < 4.78 is 5.58. The predicted molar refractivity (Wildman–Crippen MR) is 61.2 cm³/mol. The van der Waals surface area contributed by atoms with Crippen LogP contribution < -0.4 is 0 Å². The van der Waals surface area contributed by atoms with Crippen molar-refractivity contribution in [3.63, 3.8) is 0 Å². The third-order valence-electron chi connectivity index (χ3n) is 2.14. The normalized spacial score (nSPS) is 12.3. The molecule has 0 fully saturated rings. The maximum absolute atomic E-state index is 9.66. The van der Waals surface area contributed by atoms with E-state index in [1.807, 2.05) is 18.2 Å². The maximum atomic E-state index is 9.66. The molecular formula is C12H13ClO2. The van der Waals surface area contributed by atoms with Crippen molar-refractivity contribution in [3.8, 4) is 0 Å². The minimum atomic E-state index is -0.752. The number of hydrogen-bond acceptors (Lipinski definition) is 2. The molecule has 15 heavy (non-hydrogen) atoms. The van der Waals surface area contributed by atoms with Gasteiger partial charge in [0.25, 0.3) is 0 Å². The van der Waals surface area contributed by atoms with Crippen LogP contribution in [0.1, 0.15) is 19.6 Å². The zero-order valence-electron chi connectivity index (χ0n) is 8.75. The van der Waals surface area contributed by atoms with Gasteiger partial charge in [0.2, 0.25) is 0 Å². The highest BCUT2D eigenvalue weighted by Gasteiger charge is 2.16. The van der Waals surface area contributed by atoms with Crippen LogP contribution in [0.15, 0.2) is 28.7 Å². The van der Waals surface area contributed by atoms with E-state index in [2.05, 4.69) is 0 Å². The number of aliphatic hydroxyl groups is 1. The molecule has 1 aromatic carbocycles. The molecule has 0 aliphatic heterocycles. The van der Waals surface area contributed by atoms with E-state index in [-0.39, 0.29) is 0 Å². The second-order valence-electron chi connectivity index (χ2n) is 4.38. The van der Waals surface area contributed by atoms with Crippen LogP contribution in [0.25, 0.3) is 11.0 Å². The molecule has 2 nitrogen and oxygen atoms in total. The summed E-state index contributed by atoms with van der Waals surface area (Å²) in [5, 5.41) is 11.3. The number of furan rings is 1. The first-order valence-corrected chi connectivity index (χ1v) is 5.22. The van der Waals surface area contributed by atoms with Crippen molar-refractivity contribution < 1.29 is 9.52 Å². The van der Waals surface area contributed by atoms with Gasteiger partial charge in [0.15, 0.2) is 0 Å². The van der Waals surface area contributed by atoms with Crippen LogP contribution in [0.4, 0.5) is 0 Å². The van der Waals surface area contributed by atoms with E-state index >= 15 is 0 Å². The Morgan fingerprint density at radius 2 is 2.07 bits per heavy atom. The van der Waals surface area contributed by atoms with Gasteiger partial charge in [-0.1, -0.05) is 11.6 Å². The summed E-state index contributed by atoms with van der Waals surface area (Å²) in [5.74, 6) is 0.778. The van der Waals surface area contributed by atoms with Crippen LogP contribution in [-0.2, 0) is 6.42 Å². The molecule has 0 unspecified atom stereocenters. The van der Waals surface area contributed by atoms with Crippen molar-refractivity contribution in [2.24, 2.45) is 0 Å². The number of benzene rings is 1. The molecule has 3 heteroatoms. The van der Waals surface area contributed by atoms with E-state index in [4.69, 9.17) is 16.0 Å². The Kier molecular flexibility index (Phi) is 2.49. The van der Waals surface area contributed by atoms with Gasteiger partial charge in [0.05, 0.1) is 5.60 Å². The number of fused-ring (bicyclic) bond motifs is 1. The first-order chi connectivity index (χ1) is 6.94. The van der Waals surface area contributed by atoms with Gasteiger partial charge < -0.3 is 9.52 Å². The second kappa shape index (κ2) is 3.54. The average Bonchev–Trinajstić information content (AvgIpc) is 2.42. The average molecular weight is 225 g/mol. The zero-order valence-corrected chi connectivity index (χ0v) is 9.51. The molecule has 0 spiro atoms. The van der Waals surface area contributed by atoms with Crippen molar-refractivity contribution in [1.29, 1.82) is 0 Å². The largest absolute Gasteiger partial charge is 0.461 e. The number of rotatable bonds is 2. The quantitative estimate of drug-likeness (QED) is 0.848. The summed E-state index contributed by atoms with van der Waals surface area (Å²) in [6.07, 6.45) is 0.499. The molecule has 0 atom stereocenters. The molecular weight excluding hydrogens is 212 g/mol. The summed E-state index contributed by atoms with van der Waals surface area (Å²) >= 11 is 5.85. The fourth-order valence-corrected chi connectivity index (χ4v) is 1.74. The molecule has 1 heterocycles. The van der Waals surface area contributed by atoms with Crippen molar-refractivity contribution in [1.82, 2.24) is 0 Å². The highest BCUT2D eigenvalue weighted by molar-refractivity contribution is 6.31. The summed E-state index contributed by atoms with van der Waals surface area (Å²) in [7, 11) is 0. The van der Waals surface area contributed by atoms with Gasteiger partial charge >= 0.3 is 0 Å². The van der Waals surface area contributed by atoms with Crippen LogP contribution in [0.5, 0.6) is 0 Å². The Hall–Kier alpha value is -0.990. The van der Waals surface area contributed by atoms with Crippen molar-refractivity contribution in [2.75, 3.05) is 0 Å². The second-order valence-corrected chi connectivity index (χ2v) is 4.82. The van der Waals surface area contributed by atoms with Crippen LogP contribution in [0.3, 0.4) is 0 Å². The molecule has 1 aromatic heterocycles. The molecule has 1 N–H and O–H groups in total. The Morgan fingerprint density at radius 3 is 2.73 bits per heavy atom. The van der Waals surface area contributed by atoms with Gasteiger partial charge in [0.1, 0.15) is 11.3 Å². The van der Waals surface area contributed by atoms with Gasteiger partial charge in [-0.25, -0.2) is 0 Å². The third-order valence-corrected chi connectivity index (χ3v) is 2.38. The Bertz CT molecular complexity index is 480. The minimum absolute atomic E-state index is 0.499. The topological polar surface area (TPSA) is 33.4 Å². The lowest BCUT2D eigenvalue weighted by molar-refractivity contribution is 0.0757. The lowest BCUT2D eigenvalue weighted by Crippen LogP contribution is -2.21. The molecule has 2 rings (SSSR count). The lowest BCUT2D eigenvalue weighted by atomic mass is 10.0. The Morgan fingerprint density at radius 1 is 1.33 bits per heavy atom. The molecule has 80 valence electrons. The van der Waals surface area contributed by atoms with E-state index in [1.165, 1.54) is 0 Å². The Labute approximate surface area is 93.5 Å². The molecule has 0 aliphatic rings. The first-order valence-electron chi connectivity index (χ1n) is 4.84. The smallest absolute Gasteiger partial charge is 0.135 e. The van der Waals surface area contributed by atoms with Gasteiger partial charge in [-0.3, -0.25) is 0 Å². The first kappa shape index (κ1) is 10.5. The van der Waals surface area contributed by atoms with E-state index in [0.29, 0.717) is 11.4 Å². The van der Waals surface area contributed by atoms with E-state index in [9.17, 15) is 5.11 Å². The number of hydrogen-bond donors (Lipinski definition) is 1. The van der Waals surface area contributed by atoms with Gasteiger partial charge in [-0.2, -0.15) is 0 Å². The summed E-state index contributed by atoms with van der Waals surface area (Å²) in [4.78, 5) is 0. The molecule has 0 radical (unpaired) electrons. The summed E-state index contributed by atoms with van der Waals surface area (Å²) in [6, 6.07) is 7.46. The monoisotopic (exact) mass is 224 g/mol. The van der Waals surface area contributed by atoms with E-state index < -0.39 is 5.60 Å². The van der Waals surface area contributed by atoms with Gasteiger partial charge in [-0.15, -0.1) is 0 Å². The number of halogens is 1. The standard InChI is InChI=1S/C12H13ClO2/c1-12(2,14)7-10-5-8-3-4-9(13)6-11(8)15-10/h3-6,14H,7H2,1-2H3. The fraction of sp³-hybridized carbons (Fsp3) is 0.333. The van der Waals surface area contributed by atoms with Crippen LogP contribution in [-0.4, -0.2) is 10.7 Å². The molecule has 0 bridgehead atoms. The van der Waals surface area contributed by atoms with Gasteiger partial charge in [-0.05, 0) is 38.1 Å². The third kappa shape index (κ3) is 2.52. The molecule has 2 aromatic rings. The van der Waals surface area contributed by atoms with E-state index in [0.717, 1.165) is 16.7 Å². The van der Waals surface area contributed by atoms with Crippen LogP contribution >= 0.6 is 11.6 Å². The minimum Gasteiger partial charge on any atom is -0.461 e. The molecule has 0 saturated heterocycles. The molecule has 0 saturated carbocycles. The highest BCUT2D eigenvalue weighted by atomic mass is 35.5. The molecule has 0 amide bonds. The fourth-order valence-electron chi connectivity index (χ4n) is 1.57. The summed E-state index contributed by atoms with van der Waals surface area (Å²) in [6.45, 7) is 3.51. The van der Waals surface area contributed by atoms with E-state index in [1.54, 1.807) is 19.9 Å². The SMILES string of the molecule is CC(C)(O)Cc1cc2ccc(Cl)cc2o1. The van der Waals surface area contributed by atoms with Crippen molar-refractivity contribution in [3.05, 3.63) is 35.0 Å². The van der Waals surface area contributed by atoms with Crippen molar-refractivity contribution in [2.45, 2.75) is 25.9 Å². The maximum Gasteiger partial charge on any atom is 0.135 e. The predicted octanol–water partition coefficient (Wildman–Crippen LogP) is 3.40. The van der Waals surface area contributed by atoms with Crippen LogP contribution in [0.2, 0.25) is 5.02 Å². The molecule has 0 aliphatic carbocycles. The Balaban J connectivity index is 2.39.